The van der Waals surface area contributed by atoms with E-state index < -0.39 is 6.61 Å². The molecule has 0 bridgehead atoms. The normalized spacial score (nSPS) is 13.1. The standard InChI is InChI=1S/C18H23F2N5O3/c1-3-21-18(22-5-4-12-8-24-25(2)10-12)23-9-13-6-15-16(27-11-26-15)7-14(13)28-17(19)20/h6-8,10,17H,3-5,9,11H2,1-2H3,(H2,21,22,23). The summed E-state index contributed by atoms with van der Waals surface area (Å²) in [5.74, 6) is 1.47. The zero-order chi connectivity index (χ0) is 19.9. The molecule has 0 fully saturated rings. The van der Waals surface area contributed by atoms with Crippen LogP contribution in [-0.2, 0) is 20.0 Å². The highest BCUT2D eigenvalue weighted by molar-refractivity contribution is 5.79. The number of hydrogen-bond acceptors (Lipinski definition) is 5. The molecule has 0 unspecified atom stereocenters. The second-order valence-electron chi connectivity index (χ2n) is 6.09. The van der Waals surface area contributed by atoms with Crippen LogP contribution in [0.4, 0.5) is 8.78 Å². The third-order valence-electron chi connectivity index (χ3n) is 3.99. The third-order valence-corrected chi connectivity index (χ3v) is 3.99. The molecule has 8 nitrogen and oxygen atoms in total. The van der Waals surface area contributed by atoms with Gasteiger partial charge in [-0.2, -0.15) is 13.9 Å². The molecule has 3 rings (SSSR count). The number of nitrogens with one attached hydrogen (secondary N) is 2. The van der Waals surface area contributed by atoms with Crippen molar-refractivity contribution >= 4 is 5.96 Å². The molecule has 1 aromatic carbocycles. The van der Waals surface area contributed by atoms with Crippen LogP contribution in [0.15, 0.2) is 29.5 Å². The number of rotatable bonds is 8. The summed E-state index contributed by atoms with van der Waals surface area (Å²) in [5.41, 5.74) is 1.59. The van der Waals surface area contributed by atoms with Crippen molar-refractivity contribution < 1.29 is 23.0 Å². The Balaban J connectivity index is 1.67. The average Bonchev–Trinajstić information content (AvgIpc) is 3.27. The maximum atomic E-state index is 12.7. The molecule has 0 spiro atoms. The Bertz CT molecular complexity index is 826. The van der Waals surface area contributed by atoms with Crippen LogP contribution in [0.2, 0.25) is 0 Å². The first kappa shape index (κ1) is 19.7. The van der Waals surface area contributed by atoms with Gasteiger partial charge in [-0.25, -0.2) is 4.99 Å². The molecule has 0 saturated carbocycles. The summed E-state index contributed by atoms with van der Waals surface area (Å²) in [6.45, 7) is 0.521. The van der Waals surface area contributed by atoms with Gasteiger partial charge in [-0.3, -0.25) is 4.68 Å². The van der Waals surface area contributed by atoms with Crippen molar-refractivity contribution in [3.05, 3.63) is 35.7 Å². The Labute approximate surface area is 161 Å². The van der Waals surface area contributed by atoms with E-state index in [2.05, 4.69) is 25.5 Å². The van der Waals surface area contributed by atoms with Gasteiger partial charge in [0, 0.05) is 38.0 Å². The number of aryl methyl sites for hydroxylation is 1. The van der Waals surface area contributed by atoms with Gasteiger partial charge in [0.15, 0.2) is 17.5 Å². The highest BCUT2D eigenvalue weighted by Gasteiger charge is 2.20. The highest BCUT2D eigenvalue weighted by atomic mass is 19.3. The van der Waals surface area contributed by atoms with Gasteiger partial charge in [0.25, 0.3) is 0 Å². The largest absolute Gasteiger partial charge is 0.454 e. The van der Waals surface area contributed by atoms with Crippen molar-refractivity contribution in [2.45, 2.75) is 26.5 Å². The number of fused-ring (bicyclic) bond motifs is 1. The first-order valence-corrected chi connectivity index (χ1v) is 8.92. The molecule has 1 aromatic heterocycles. The van der Waals surface area contributed by atoms with Gasteiger partial charge in [-0.15, -0.1) is 0 Å². The number of guanidine groups is 1. The number of aromatic nitrogens is 2. The van der Waals surface area contributed by atoms with Gasteiger partial charge in [0.05, 0.1) is 12.7 Å². The third kappa shape index (κ3) is 5.24. The van der Waals surface area contributed by atoms with E-state index in [1.165, 1.54) is 6.07 Å². The minimum Gasteiger partial charge on any atom is -0.454 e. The monoisotopic (exact) mass is 395 g/mol. The summed E-state index contributed by atoms with van der Waals surface area (Å²) in [6, 6.07) is 3.02. The van der Waals surface area contributed by atoms with Crippen molar-refractivity contribution in [2.75, 3.05) is 19.9 Å². The van der Waals surface area contributed by atoms with Crippen LogP contribution in [0.3, 0.4) is 0 Å². The second-order valence-corrected chi connectivity index (χ2v) is 6.09. The van der Waals surface area contributed by atoms with Crippen LogP contribution in [0, 0.1) is 0 Å². The summed E-state index contributed by atoms with van der Waals surface area (Å²) >= 11 is 0. The van der Waals surface area contributed by atoms with E-state index in [4.69, 9.17) is 9.47 Å². The van der Waals surface area contributed by atoms with Crippen LogP contribution < -0.4 is 24.8 Å². The van der Waals surface area contributed by atoms with E-state index in [0.717, 1.165) is 12.0 Å². The number of nitrogens with zero attached hydrogens (tertiary/aromatic N) is 3. The molecule has 0 amide bonds. The van der Waals surface area contributed by atoms with Crippen LogP contribution in [0.25, 0.3) is 0 Å². The van der Waals surface area contributed by atoms with Crippen LogP contribution in [0.1, 0.15) is 18.1 Å². The molecule has 0 aliphatic carbocycles. The van der Waals surface area contributed by atoms with E-state index in [-0.39, 0.29) is 19.1 Å². The highest BCUT2D eigenvalue weighted by Crippen LogP contribution is 2.38. The van der Waals surface area contributed by atoms with Crippen molar-refractivity contribution in [3.63, 3.8) is 0 Å². The zero-order valence-corrected chi connectivity index (χ0v) is 15.7. The van der Waals surface area contributed by atoms with Gasteiger partial charge < -0.3 is 24.8 Å². The summed E-state index contributed by atoms with van der Waals surface area (Å²) in [4.78, 5) is 4.47. The number of aliphatic imine (C=N–C) groups is 1. The first-order chi connectivity index (χ1) is 13.5. The first-order valence-electron chi connectivity index (χ1n) is 8.92. The average molecular weight is 395 g/mol. The molecule has 2 heterocycles. The Morgan fingerprint density at radius 2 is 2.11 bits per heavy atom. The number of halogens is 2. The molecule has 152 valence electrons. The maximum Gasteiger partial charge on any atom is 0.387 e. The smallest absolute Gasteiger partial charge is 0.387 e. The van der Waals surface area contributed by atoms with Crippen LogP contribution >= 0.6 is 0 Å². The van der Waals surface area contributed by atoms with E-state index in [9.17, 15) is 8.78 Å². The number of hydrogen-bond donors (Lipinski definition) is 2. The molecule has 10 heteroatoms. The molecule has 1 aliphatic rings. The molecule has 0 radical (unpaired) electrons. The fraction of sp³-hybridized carbons (Fsp3) is 0.444. The number of alkyl halides is 2. The van der Waals surface area contributed by atoms with Gasteiger partial charge in [-0.1, -0.05) is 0 Å². The minimum absolute atomic E-state index is 0.0224. The maximum absolute atomic E-state index is 12.7. The number of ether oxygens (including phenoxy) is 3. The fourth-order valence-electron chi connectivity index (χ4n) is 2.73. The van der Waals surface area contributed by atoms with Gasteiger partial charge in [0.2, 0.25) is 6.79 Å². The van der Waals surface area contributed by atoms with Crippen LogP contribution in [-0.4, -0.2) is 42.2 Å². The van der Waals surface area contributed by atoms with Gasteiger partial charge >= 0.3 is 6.61 Å². The molecular weight excluding hydrogens is 372 g/mol. The second kappa shape index (κ2) is 9.25. The molecule has 2 N–H and O–H groups in total. The lowest BCUT2D eigenvalue weighted by Gasteiger charge is -2.13. The molecule has 28 heavy (non-hydrogen) atoms. The Hall–Kier alpha value is -3.04. The summed E-state index contributed by atoms with van der Waals surface area (Å²) in [7, 11) is 1.87. The molecular formula is C18H23F2N5O3. The molecule has 0 saturated heterocycles. The minimum atomic E-state index is -2.94. The summed E-state index contributed by atoms with van der Waals surface area (Å²) in [5, 5.41) is 10.5. The SMILES string of the molecule is CCNC(=NCc1cc2c(cc1OC(F)F)OCO2)NCCc1cnn(C)c1. The van der Waals surface area contributed by atoms with Gasteiger partial charge in [-0.05, 0) is 25.0 Å². The quantitative estimate of drug-likeness (QED) is 0.526. The van der Waals surface area contributed by atoms with E-state index in [1.807, 2.05) is 26.4 Å². The molecule has 2 aromatic rings. The van der Waals surface area contributed by atoms with Crippen molar-refractivity contribution in [1.29, 1.82) is 0 Å². The van der Waals surface area contributed by atoms with E-state index in [0.29, 0.717) is 36.1 Å². The van der Waals surface area contributed by atoms with E-state index >= 15 is 0 Å². The molecule has 1 aliphatic heterocycles. The van der Waals surface area contributed by atoms with Gasteiger partial charge in [0.1, 0.15) is 5.75 Å². The lowest BCUT2D eigenvalue weighted by molar-refractivity contribution is -0.0505. The van der Waals surface area contributed by atoms with Crippen molar-refractivity contribution in [2.24, 2.45) is 12.0 Å². The van der Waals surface area contributed by atoms with Crippen molar-refractivity contribution in [1.82, 2.24) is 20.4 Å². The predicted molar refractivity (Wildman–Crippen MR) is 98.9 cm³/mol. The summed E-state index contributed by atoms with van der Waals surface area (Å²) < 4.78 is 42.4. The fourth-order valence-corrected chi connectivity index (χ4v) is 2.73. The molecule has 0 atom stereocenters. The van der Waals surface area contributed by atoms with E-state index in [1.54, 1.807) is 10.7 Å². The van der Waals surface area contributed by atoms with Crippen molar-refractivity contribution in [3.8, 4) is 17.2 Å². The Morgan fingerprint density at radius 3 is 2.79 bits per heavy atom. The van der Waals surface area contributed by atoms with Crippen LogP contribution in [0.5, 0.6) is 17.2 Å². The lowest BCUT2D eigenvalue weighted by atomic mass is 10.1. The Kier molecular flexibility index (Phi) is 6.51. The zero-order valence-electron chi connectivity index (χ0n) is 15.7. The summed E-state index contributed by atoms with van der Waals surface area (Å²) in [6.07, 6.45) is 4.54. The lowest BCUT2D eigenvalue weighted by Crippen LogP contribution is -2.38. The Morgan fingerprint density at radius 1 is 1.32 bits per heavy atom. The predicted octanol–water partition coefficient (Wildman–Crippen LogP) is 2.05. The number of benzene rings is 1. The topological polar surface area (TPSA) is 81.9 Å².